The van der Waals surface area contributed by atoms with Gasteiger partial charge >= 0.3 is 6.09 Å². The lowest BCUT2D eigenvalue weighted by atomic mass is 10.1. The van der Waals surface area contributed by atoms with Gasteiger partial charge in [-0.1, -0.05) is 42.5 Å². The second-order valence-electron chi connectivity index (χ2n) is 6.02. The van der Waals surface area contributed by atoms with Gasteiger partial charge in [-0.05, 0) is 33.3 Å². The van der Waals surface area contributed by atoms with Crippen LogP contribution in [-0.4, -0.2) is 34.4 Å². The SMILES string of the molecule is C[C@H](NC(=O)OC(C)(C)C)C(=S)N[C@@H](CO)c1ccccc1. The van der Waals surface area contributed by atoms with E-state index >= 15 is 0 Å². The summed E-state index contributed by atoms with van der Waals surface area (Å²) in [5, 5.41) is 15.2. The number of nitrogens with one attached hydrogen (secondary N) is 2. The van der Waals surface area contributed by atoms with Gasteiger partial charge in [0.1, 0.15) is 5.60 Å². The first-order valence-electron chi connectivity index (χ1n) is 7.18. The molecule has 0 saturated heterocycles. The number of thiocarbonyl (C=S) groups is 1. The molecular formula is C16H24N2O3S. The summed E-state index contributed by atoms with van der Waals surface area (Å²) in [7, 11) is 0. The predicted molar refractivity (Wildman–Crippen MR) is 90.8 cm³/mol. The van der Waals surface area contributed by atoms with E-state index in [1.165, 1.54) is 0 Å². The largest absolute Gasteiger partial charge is 0.444 e. The Bertz CT molecular complexity index is 500. The summed E-state index contributed by atoms with van der Waals surface area (Å²) in [5.74, 6) is 0. The van der Waals surface area contributed by atoms with Crippen LogP contribution >= 0.6 is 12.2 Å². The molecule has 5 nitrogen and oxygen atoms in total. The molecule has 0 aromatic heterocycles. The van der Waals surface area contributed by atoms with Crippen LogP contribution in [0.1, 0.15) is 39.3 Å². The summed E-state index contributed by atoms with van der Waals surface area (Å²) in [6.07, 6.45) is -0.524. The molecule has 0 unspecified atom stereocenters. The number of carbonyl (C=O) groups is 1. The van der Waals surface area contributed by atoms with Crippen molar-refractivity contribution in [2.45, 2.75) is 45.4 Å². The Hall–Kier alpha value is -1.66. The summed E-state index contributed by atoms with van der Waals surface area (Å²) in [4.78, 5) is 12.2. The average molecular weight is 324 g/mol. The maximum absolute atomic E-state index is 11.7. The minimum atomic E-state index is -0.559. The van der Waals surface area contributed by atoms with Gasteiger partial charge in [0.15, 0.2) is 0 Å². The highest BCUT2D eigenvalue weighted by atomic mass is 32.1. The maximum Gasteiger partial charge on any atom is 0.408 e. The Labute approximate surface area is 137 Å². The fourth-order valence-corrected chi connectivity index (χ4v) is 1.97. The molecule has 0 fully saturated rings. The summed E-state index contributed by atoms with van der Waals surface area (Å²) in [5.41, 5.74) is 0.369. The van der Waals surface area contributed by atoms with Crippen molar-refractivity contribution in [3.63, 3.8) is 0 Å². The van der Waals surface area contributed by atoms with Crippen LogP contribution in [0.5, 0.6) is 0 Å². The number of aliphatic hydroxyl groups excluding tert-OH is 1. The number of alkyl carbamates (subject to hydrolysis) is 1. The Kier molecular flexibility index (Phi) is 6.77. The third-order valence-corrected chi connectivity index (χ3v) is 3.30. The van der Waals surface area contributed by atoms with E-state index in [9.17, 15) is 9.90 Å². The first-order chi connectivity index (χ1) is 10.2. The molecule has 0 aliphatic heterocycles. The van der Waals surface area contributed by atoms with Crippen molar-refractivity contribution in [2.75, 3.05) is 6.61 Å². The van der Waals surface area contributed by atoms with Crippen molar-refractivity contribution in [2.24, 2.45) is 0 Å². The molecule has 0 radical (unpaired) electrons. The van der Waals surface area contributed by atoms with E-state index in [1.54, 1.807) is 27.7 Å². The van der Waals surface area contributed by atoms with Gasteiger partial charge in [-0.3, -0.25) is 0 Å². The maximum atomic E-state index is 11.7. The van der Waals surface area contributed by atoms with E-state index < -0.39 is 17.7 Å². The van der Waals surface area contributed by atoms with Crippen LogP contribution in [0.15, 0.2) is 30.3 Å². The van der Waals surface area contributed by atoms with Crippen molar-refractivity contribution in [1.82, 2.24) is 10.6 Å². The molecule has 6 heteroatoms. The lowest BCUT2D eigenvalue weighted by molar-refractivity contribution is 0.0521. The summed E-state index contributed by atoms with van der Waals surface area (Å²) < 4.78 is 5.19. The van der Waals surface area contributed by atoms with Gasteiger partial charge in [-0.25, -0.2) is 4.79 Å². The molecule has 1 amide bonds. The molecule has 1 aromatic rings. The van der Waals surface area contributed by atoms with Crippen LogP contribution < -0.4 is 10.6 Å². The highest BCUT2D eigenvalue weighted by molar-refractivity contribution is 7.80. The van der Waals surface area contributed by atoms with Crippen LogP contribution in [0, 0.1) is 0 Å². The van der Waals surface area contributed by atoms with E-state index in [0.29, 0.717) is 4.99 Å². The summed E-state index contributed by atoms with van der Waals surface area (Å²) in [6, 6.07) is 8.79. The van der Waals surface area contributed by atoms with Crippen LogP contribution in [0.25, 0.3) is 0 Å². The van der Waals surface area contributed by atoms with Crippen LogP contribution in [0.3, 0.4) is 0 Å². The minimum absolute atomic E-state index is 0.0939. The first-order valence-corrected chi connectivity index (χ1v) is 7.59. The molecule has 122 valence electrons. The molecule has 0 spiro atoms. The number of amides is 1. The van der Waals surface area contributed by atoms with Gasteiger partial charge in [-0.2, -0.15) is 0 Å². The average Bonchev–Trinajstić information content (AvgIpc) is 2.43. The standard InChI is InChI=1S/C16H24N2O3S/c1-11(17-15(20)21-16(2,3)4)14(22)18-13(10-19)12-8-6-5-7-9-12/h5-9,11,13,19H,10H2,1-4H3,(H,17,20)(H,18,22)/t11-,13-/m0/s1. The van der Waals surface area contributed by atoms with Crippen LogP contribution in [0.2, 0.25) is 0 Å². The fourth-order valence-electron chi connectivity index (χ4n) is 1.77. The molecule has 2 atom stereocenters. The first kappa shape index (κ1) is 18.4. The Morgan fingerprint density at radius 1 is 1.27 bits per heavy atom. The Balaban J connectivity index is 2.58. The molecule has 0 aliphatic carbocycles. The summed E-state index contributed by atoms with van der Waals surface area (Å²) >= 11 is 5.29. The zero-order valence-electron chi connectivity index (χ0n) is 13.4. The second-order valence-corrected chi connectivity index (χ2v) is 6.46. The van der Waals surface area contributed by atoms with Gasteiger partial charge in [0.25, 0.3) is 0 Å². The molecule has 3 N–H and O–H groups in total. The highest BCUT2D eigenvalue weighted by Gasteiger charge is 2.20. The van der Waals surface area contributed by atoms with Gasteiger partial charge in [0.05, 0.1) is 23.7 Å². The van der Waals surface area contributed by atoms with Crippen LogP contribution in [0.4, 0.5) is 4.79 Å². The normalized spacial score (nSPS) is 13.9. The van der Waals surface area contributed by atoms with E-state index in [1.807, 2.05) is 30.3 Å². The van der Waals surface area contributed by atoms with Crippen molar-refractivity contribution in [1.29, 1.82) is 0 Å². The quantitative estimate of drug-likeness (QED) is 0.726. The number of benzene rings is 1. The van der Waals surface area contributed by atoms with Crippen LogP contribution in [-0.2, 0) is 4.74 Å². The molecule has 0 aliphatic rings. The zero-order chi connectivity index (χ0) is 16.8. The monoisotopic (exact) mass is 324 g/mol. The number of hydrogen-bond acceptors (Lipinski definition) is 4. The van der Waals surface area contributed by atoms with E-state index in [0.717, 1.165) is 5.56 Å². The number of rotatable bonds is 5. The molecule has 1 aromatic carbocycles. The predicted octanol–water partition coefficient (Wildman–Crippen LogP) is 2.55. The number of carbonyl (C=O) groups excluding carboxylic acids is 1. The summed E-state index contributed by atoms with van der Waals surface area (Å²) in [6.45, 7) is 7.06. The minimum Gasteiger partial charge on any atom is -0.444 e. The molecule has 22 heavy (non-hydrogen) atoms. The van der Waals surface area contributed by atoms with Crippen molar-refractivity contribution in [3.05, 3.63) is 35.9 Å². The van der Waals surface area contributed by atoms with Gasteiger partial charge < -0.3 is 20.5 Å². The number of ether oxygens (including phenoxy) is 1. The fraction of sp³-hybridized carbons (Fsp3) is 0.500. The second kappa shape index (κ2) is 8.10. The third kappa shape index (κ3) is 6.41. The lowest BCUT2D eigenvalue weighted by Gasteiger charge is -2.24. The Morgan fingerprint density at radius 2 is 1.86 bits per heavy atom. The van der Waals surface area contributed by atoms with Gasteiger partial charge in [0.2, 0.25) is 0 Å². The topological polar surface area (TPSA) is 70.6 Å². The lowest BCUT2D eigenvalue weighted by Crippen LogP contribution is -2.46. The molecule has 0 bridgehead atoms. The molecule has 1 rings (SSSR count). The molecular weight excluding hydrogens is 300 g/mol. The number of aliphatic hydroxyl groups is 1. The smallest absolute Gasteiger partial charge is 0.408 e. The third-order valence-electron chi connectivity index (χ3n) is 2.83. The van der Waals surface area contributed by atoms with Crippen molar-refractivity contribution in [3.8, 4) is 0 Å². The zero-order valence-corrected chi connectivity index (χ0v) is 14.2. The van der Waals surface area contributed by atoms with Crippen molar-refractivity contribution >= 4 is 23.3 Å². The van der Waals surface area contributed by atoms with E-state index in [-0.39, 0.29) is 12.6 Å². The highest BCUT2D eigenvalue weighted by Crippen LogP contribution is 2.12. The van der Waals surface area contributed by atoms with Gasteiger partial charge in [0, 0.05) is 0 Å². The number of hydrogen-bond donors (Lipinski definition) is 3. The van der Waals surface area contributed by atoms with Gasteiger partial charge in [-0.15, -0.1) is 0 Å². The van der Waals surface area contributed by atoms with E-state index in [4.69, 9.17) is 17.0 Å². The molecule has 0 heterocycles. The Morgan fingerprint density at radius 3 is 2.36 bits per heavy atom. The van der Waals surface area contributed by atoms with E-state index in [2.05, 4.69) is 10.6 Å². The van der Waals surface area contributed by atoms with Crippen molar-refractivity contribution < 1.29 is 14.6 Å². The molecule has 0 saturated carbocycles.